The molecule has 5 nitrogen and oxygen atoms in total. The molecule has 0 bridgehead atoms. The molecule has 0 unspecified atom stereocenters. The minimum absolute atomic E-state index is 0.0300. The summed E-state index contributed by atoms with van der Waals surface area (Å²) >= 11 is 1.65. The summed E-state index contributed by atoms with van der Waals surface area (Å²) in [6.45, 7) is 0. The second-order valence-electron chi connectivity index (χ2n) is 1.95. The zero-order valence-electron chi connectivity index (χ0n) is 5.69. The maximum absolute atomic E-state index is 10.5. The monoisotopic (exact) mass is 227 g/mol. The number of carbonyl (C=O) groups excluding carboxylic acids is 1. The van der Waals surface area contributed by atoms with Crippen molar-refractivity contribution in [2.75, 3.05) is 0 Å². The Labute approximate surface area is 72.0 Å². The predicted octanol–water partition coefficient (Wildman–Crippen LogP) is -1.46. The Balaban J connectivity index is 3.54. The van der Waals surface area contributed by atoms with Crippen LogP contribution in [-0.4, -0.2) is 39.4 Å². The molecule has 0 radical (unpaired) electrons. The van der Waals surface area contributed by atoms with E-state index in [1.165, 1.54) is 0 Å². The molecule has 11 heavy (non-hydrogen) atoms. The van der Waals surface area contributed by atoms with E-state index in [9.17, 15) is 9.59 Å². The van der Waals surface area contributed by atoms with Crippen molar-refractivity contribution >= 4 is 28.3 Å². The van der Waals surface area contributed by atoms with E-state index in [0.717, 1.165) is 0 Å². The fourth-order valence-corrected chi connectivity index (χ4v) is 0.634. The second-order valence-corrected chi connectivity index (χ2v) is 2.33. The van der Waals surface area contributed by atoms with Crippen molar-refractivity contribution in [2.45, 2.75) is 18.9 Å². The molecule has 64 valence electrons. The van der Waals surface area contributed by atoms with Crippen molar-refractivity contribution in [1.82, 2.24) is 0 Å². The van der Waals surface area contributed by atoms with Gasteiger partial charge in [-0.15, -0.1) is 0 Å². The molecular weight excluding hydrogens is 217 g/mol. The zero-order chi connectivity index (χ0) is 8.85. The van der Waals surface area contributed by atoms with Crippen molar-refractivity contribution in [2.24, 2.45) is 5.73 Å². The summed E-state index contributed by atoms with van der Waals surface area (Å²) in [5.74, 6) is -1.58. The van der Waals surface area contributed by atoms with E-state index in [1.807, 2.05) is 0 Å². The summed E-state index contributed by atoms with van der Waals surface area (Å²) in [5.41, 5.74) is 5.11. The van der Waals surface area contributed by atoms with Crippen molar-refractivity contribution in [3.05, 3.63) is 0 Å². The predicted molar refractivity (Wildman–Crippen MR) is 38.1 cm³/mol. The molecule has 0 spiro atoms. The Bertz CT molecular complexity index is 161. The van der Waals surface area contributed by atoms with Gasteiger partial charge in [-0.3, -0.25) is 0 Å². The molecule has 0 saturated carbocycles. The zero-order valence-corrected chi connectivity index (χ0v) is 7.56. The van der Waals surface area contributed by atoms with Crippen LogP contribution in [0.1, 0.15) is 12.8 Å². The van der Waals surface area contributed by atoms with Crippen LogP contribution in [0.5, 0.6) is 0 Å². The molecule has 0 aromatic rings. The third-order valence-electron chi connectivity index (χ3n) is 1.08. The second kappa shape index (κ2) is 5.12. The van der Waals surface area contributed by atoms with Gasteiger partial charge in [-0.1, -0.05) is 0 Å². The molecule has 3 N–H and O–H groups in total. The van der Waals surface area contributed by atoms with Gasteiger partial charge in [0.05, 0.1) is 0 Å². The van der Waals surface area contributed by atoms with Gasteiger partial charge in [-0.25, -0.2) is 0 Å². The van der Waals surface area contributed by atoms with Gasteiger partial charge < -0.3 is 0 Å². The first-order valence-electron chi connectivity index (χ1n) is 2.90. The Kier molecular flexibility index (Phi) is 4.85. The van der Waals surface area contributed by atoms with Gasteiger partial charge in [0, 0.05) is 0 Å². The summed E-state index contributed by atoms with van der Waals surface area (Å²) in [5, 5.41) is 8.29. The van der Waals surface area contributed by atoms with Crippen LogP contribution in [0.15, 0.2) is 0 Å². The van der Waals surface area contributed by atoms with E-state index < -0.39 is 18.0 Å². The van der Waals surface area contributed by atoms with E-state index >= 15 is 0 Å². The Morgan fingerprint density at radius 2 is 2.18 bits per heavy atom. The summed E-state index contributed by atoms with van der Waals surface area (Å²) < 4.78 is 4.23. The van der Waals surface area contributed by atoms with Gasteiger partial charge in [0.2, 0.25) is 0 Å². The van der Waals surface area contributed by atoms with E-state index in [0.29, 0.717) is 0 Å². The summed E-state index contributed by atoms with van der Waals surface area (Å²) in [6.07, 6.45) is 0.133. The number of nitrogens with two attached hydrogens (primary N) is 1. The third-order valence-corrected chi connectivity index (χ3v) is 1.51. The van der Waals surface area contributed by atoms with Crippen molar-refractivity contribution in [3.63, 3.8) is 0 Å². The minimum atomic E-state index is -1.11. The van der Waals surface area contributed by atoms with E-state index in [2.05, 4.69) is 3.82 Å². The molecule has 0 aromatic heterocycles. The van der Waals surface area contributed by atoms with Crippen LogP contribution in [0, 0.1) is 0 Å². The Morgan fingerprint density at radius 1 is 1.64 bits per heavy atom. The van der Waals surface area contributed by atoms with Gasteiger partial charge in [0.1, 0.15) is 0 Å². The maximum atomic E-state index is 10.5. The van der Waals surface area contributed by atoms with Crippen LogP contribution in [0.25, 0.3) is 0 Å². The molecule has 0 aliphatic heterocycles. The van der Waals surface area contributed by atoms with E-state index in [-0.39, 0.29) is 12.8 Å². The molecular formula is C5H9NO4Se. The molecule has 0 heterocycles. The van der Waals surface area contributed by atoms with E-state index in [1.54, 1.807) is 16.3 Å². The summed E-state index contributed by atoms with van der Waals surface area (Å²) in [4.78, 5) is 20.6. The Morgan fingerprint density at radius 3 is 2.55 bits per heavy atom. The molecule has 0 aromatic carbocycles. The van der Waals surface area contributed by atoms with Gasteiger partial charge in [-0.2, -0.15) is 0 Å². The number of carbonyl (C=O) groups is 2. The van der Waals surface area contributed by atoms with Crippen LogP contribution in [0.3, 0.4) is 0 Å². The van der Waals surface area contributed by atoms with Crippen LogP contribution < -0.4 is 5.73 Å². The number of carboxylic acid groups (broad SMARTS) is 1. The quantitative estimate of drug-likeness (QED) is 0.571. The topological polar surface area (TPSA) is 89.6 Å². The van der Waals surface area contributed by atoms with Gasteiger partial charge in [-0.05, 0) is 0 Å². The average Bonchev–Trinajstić information content (AvgIpc) is 1.99. The summed E-state index contributed by atoms with van der Waals surface area (Å²) in [7, 11) is 0. The van der Waals surface area contributed by atoms with Gasteiger partial charge in [0.15, 0.2) is 0 Å². The molecule has 0 fully saturated rings. The average molecular weight is 226 g/mol. The van der Waals surface area contributed by atoms with Gasteiger partial charge in [0.25, 0.3) is 0 Å². The number of hydrogen-bond acceptors (Lipinski definition) is 4. The standard InChI is InChI=1S/C5H9NO4Se/c6-3(5(8)9)1-2-4(7)10-11/h3,11H,1-2,6H2,(H,8,9)/t3-/m0/s1. The first-order valence-corrected chi connectivity index (χ1v) is 3.67. The molecule has 0 rings (SSSR count). The van der Waals surface area contributed by atoms with Crippen LogP contribution >= 0.6 is 0 Å². The summed E-state index contributed by atoms with van der Waals surface area (Å²) in [6, 6.07) is -0.985. The van der Waals surface area contributed by atoms with Crippen LogP contribution in [0.4, 0.5) is 0 Å². The fraction of sp³-hybridized carbons (Fsp3) is 0.600. The van der Waals surface area contributed by atoms with Crippen LogP contribution in [-0.2, 0) is 13.4 Å². The molecule has 0 aliphatic rings. The normalized spacial score (nSPS) is 12.2. The molecule has 6 heteroatoms. The van der Waals surface area contributed by atoms with Crippen molar-refractivity contribution in [1.29, 1.82) is 0 Å². The number of carboxylic acids is 1. The first-order chi connectivity index (χ1) is 5.07. The molecule has 0 saturated heterocycles. The van der Waals surface area contributed by atoms with Crippen molar-refractivity contribution in [3.8, 4) is 0 Å². The molecule has 0 amide bonds. The fourth-order valence-electron chi connectivity index (χ4n) is 0.442. The Hall–Kier alpha value is -0.581. The first kappa shape index (κ1) is 10.4. The SMILES string of the molecule is N[C@@H](CCC(=O)O[SeH])C(=O)O. The third kappa shape index (κ3) is 4.78. The molecule has 0 aliphatic carbocycles. The number of hydrogen-bond donors (Lipinski definition) is 2. The van der Waals surface area contributed by atoms with Crippen molar-refractivity contribution < 1.29 is 18.5 Å². The number of rotatable bonds is 4. The number of aliphatic carboxylic acids is 1. The van der Waals surface area contributed by atoms with E-state index in [4.69, 9.17) is 10.8 Å². The molecule has 1 atom stereocenters. The van der Waals surface area contributed by atoms with Crippen LogP contribution in [0.2, 0.25) is 0 Å². The van der Waals surface area contributed by atoms with Gasteiger partial charge >= 0.3 is 71.4 Å².